The summed E-state index contributed by atoms with van der Waals surface area (Å²) in [6.07, 6.45) is 5.26. The van der Waals surface area contributed by atoms with E-state index in [4.69, 9.17) is 0 Å². The minimum atomic E-state index is 0.674. The molecule has 0 unspecified atom stereocenters. The first kappa shape index (κ1) is 8.48. The van der Waals surface area contributed by atoms with Crippen molar-refractivity contribution in [1.82, 2.24) is 0 Å². The van der Waals surface area contributed by atoms with Gasteiger partial charge in [0.25, 0.3) is 0 Å². The SMILES string of the molecule is C=C/C(=C\C)[C@H](C)CC. The van der Waals surface area contributed by atoms with Crippen molar-refractivity contribution in [1.29, 1.82) is 0 Å². The van der Waals surface area contributed by atoms with Crippen molar-refractivity contribution >= 4 is 0 Å². The predicted octanol–water partition coefficient (Wildman–Crippen LogP) is 3.16. The molecule has 0 saturated carbocycles. The van der Waals surface area contributed by atoms with Crippen LogP contribution in [0, 0.1) is 5.92 Å². The van der Waals surface area contributed by atoms with E-state index in [1.165, 1.54) is 12.0 Å². The molecule has 0 amide bonds. The van der Waals surface area contributed by atoms with Crippen LogP contribution < -0.4 is 0 Å². The first-order valence-electron chi connectivity index (χ1n) is 3.54. The lowest BCUT2D eigenvalue weighted by atomic mass is 9.99. The first-order chi connectivity index (χ1) is 4.26. The van der Waals surface area contributed by atoms with E-state index in [9.17, 15) is 0 Å². The highest BCUT2D eigenvalue weighted by Gasteiger charge is 1.99. The molecule has 0 heterocycles. The van der Waals surface area contributed by atoms with Crippen molar-refractivity contribution in [2.45, 2.75) is 27.2 Å². The van der Waals surface area contributed by atoms with Crippen LogP contribution >= 0.6 is 0 Å². The zero-order chi connectivity index (χ0) is 7.28. The normalized spacial score (nSPS) is 15.2. The molecule has 9 heavy (non-hydrogen) atoms. The van der Waals surface area contributed by atoms with Crippen molar-refractivity contribution < 1.29 is 0 Å². The molecule has 0 bridgehead atoms. The van der Waals surface area contributed by atoms with Gasteiger partial charge in [-0.05, 0) is 19.3 Å². The third-order valence-electron chi connectivity index (χ3n) is 1.75. The quantitative estimate of drug-likeness (QED) is 0.507. The maximum atomic E-state index is 3.73. The Balaban J connectivity index is 3.95. The van der Waals surface area contributed by atoms with Crippen molar-refractivity contribution in [2.24, 2.45) is 5.92 Å². The Kier molecular flexibility index (Phi) is 4.12. The van der Waals surface area contributed by atoms with Crippen LogP contribution in [0.5, 0.6) is 0 Å². The number of hydrogen-bond acceptors (Lipinski definition) is 0. The van der Waals surface area contributed by atoms with Crippen LogP contribution in [0.25, 0.3) is 0 Å². The fraction of sp³-hybridized carbons (Fsp3) is 0.556. The molecular weight excluding hydrogens is 108 g/mol. The molecule has 0 fully saturated rings. The highest BCUT2D eigenvalue weighted by molar-refractivity contribution is 5.17. The van der Waals surface area contributed by atoms with Gasteiger partial charge in [-0.3, -0.25) is 0 Å². The lowest BCUT2D eigenvalue weighted by Gasteiger charge is -2.07. The number of allylic oxidation sites excluding steroid dienone is 3. The zero-order valence-electron chi connectivity index (χ0n) is 6.65. The van der Waals surface area contributed by atoms with Gasteiger partial charge in [0.2, 0.25) is 0 Å². The van der Waals surface area contributed by atoms with Gasteiger partial charge in [-0.2, -0.15) is 0 Å². The lowest BCUT2D eigenvalue weighted by Crippen LogP contribution is -1.93. The van der Waals surface area contributed by atoms with Gasteiger partial charge < -0.3 is 0 Å². The maximum absolute atomic E-state index is 3.73. The van der Waals surface area contributed by atoms with E-state index in [1.807, 2.05) is 6.08 Å². The zero-order valence-corrected chi connectivity index (χ0v) is 6.65. The molecule has 0 aliphatic rings. The molecule has 0 spiro atoms. The van der Waals surface area contributed by atoms with E-state index in [2.05, 4.69) is 33.4 Å². The van der Waals surface area contributed by atoms with Gasteiger partial charge in [-0.25, -0.2) is 0 Å². The summed E-state index contributed by atoms with van der Waals surface area (Å²) < 4.78 is 0. The van der Waals surface area contributed by atoms with Gasteiger partial charge in [0.15, 0.2) is 0 Å². The van der Waals surface area contributed by atoms with Crippen LogP contribution in [0.4, 0.5) is 0 Å². The van der Waals surface area contributed by atoms with E-state index >= 15 is 0 Å². The van der Waals surface area contributed by atoms with E-state index in [-0.39, 0.29) is 0 Å². The van der Waals surface area contributed by atoms with Gasteiger partial charge in [0.05, 0.1) is 0 Å². The van der Waals surface area contributed by atoms with Crippen molar-refractivity contribution in [3.8, 4) is 0 Å². The highest BCUT2D eigenvalue weighted by atomic mass is 14.0. The Labute approximate surface area is 58.3 Å². The summed E-state index contributed by atoms with van der Waals surface area (Å²) in [5.74, 6) is 0.674. The molecule has 0 N–H and O–H groups in total. The monoisotopic (exact) mass is 124 g/mol. The fourth-order valence-electron chi connectivity index (χ4n) is 0.839. The fourth-order valence-corrected chi connectivity index (χ4v) is 0.839. The summed E-state index contributed by atoms with van der Waals surface area (Å²) in [7, 11) is 0. The minimum absolute atomic E-state index is 0.674. The average Bonchev–Trinajstić information content (AvgIpc) is 1.90. The Bertz CT molecular complexity index is 109. The van der Waals surface area contributed by atoms with Gasteiger partial charge in [0, 0.05) is 0 Å². The summed E-state index contributed by atoms with van der Waals surface area (Å²) in [6, 6.07) is 0. The van der Waals surface area contributed by atoms with E-state index < -0.39 is 0 Å². The third-order valence-corrected chi connectivity index (χ3v) is 1.75. The van der Waals surface area contributed by atoms with Gasteiger partial charge in [-0.15, -0.1) is 0 Å². The molecule has 0 saturated heterocycles. The Hall–Kier alpha value is -0.520. The largest absolute Gasteiger partial charge is 0.0988 e. The van der Waals surface area contributed by atoms with Crippen LogP contribution in [0.1, 0.15) is 27.2 Å². The Morgan fingerprint density at radius 1 is 1.67 bits per heavy atom. The molecule has 0 rings (SSSR count). The second kappa shape index (κ2) is 4.37. The van der Waals surface area contributed by atoms with E-state index in [0.29, 0.717) is 5.92 Å². The Morgan fingerprint density at radius 3 is 2.33 bits per heavy atom. The van der Waals surface area contributed by atoms with Crippen LogP contribution in [0.3, 0.4) is 0 Å². The lowest BCUT2D eigenvalue weighted by molar-refractivity contribution is 0.669. The molecule has 0 radical (unpaired) electrons. The smallest absolute Gasteiger partial charge is 0.0196 e. The topological polar surface area (TPSA) is 0 Å². The van der Waals surface area contributed by atoms with Crippen LogP contribution in [-0.4, -0.2) is 0 Å². The van der Waals surface area contributed by atoms with Crippen LogP contribution in [0.2, 0.25) is 0 Å². The van der Waals surface area contributed by atoms with Gasteiger partial charge >= 0.3 is 0 Å². The molecule has 0 aliphatic carbocycles. The third kappa shape index (κ3) is 2.50. The van der Waals surface area contributed by atoms with E-state index in [1.54, 1.807) is 0 Å². The second-order valence-electron chi connectivity index (χ2n) is 2.30. The molecule has 52 valence electrons. The van der Waals surface area contributed by atoms with Crippen molar-refractivity contribution in [3.05, 3.63) is 24.3 Å². The van der Waals surface area contributed by atoms with E-state index in [0.717, 1.165) is 0 Å². The summed E-state index contributed by atoms with van der Waals surface area (Å²) >= 11 is 0. The summed E-state index contributed by atoms with van der Waals surface area (Å²) in [5, 5.41) is 0. The molecule has 0 aromatic rings. The summed E-state index contributed by atoms with van der Waals surface area (Å²) in [6.45, 7) is 10.2. The summed E-state index contributed by atoms with van der Waals surface area (Å²) in [5.41, 5.74) is 1.36. The molecule has 0 aromatic carbocycles. The van der Waals surface area contributed by atoms with Gasteiger partial charge in [-0.1, -0.05) is 38.2 Å². The standard InChI is InChI=1S/C9H16/c1-5-8(4)9(6-2)7-3/h6-8H,2,5H2,1,3-4H3/b9-7+/t8-/m1/s1. The Morgan fingerprint density at radius 2 is 2.22 bits per heavy atom. The maximum Gasteiger partial charge on any atom is -0.0196 e. The minimum Gasteiger partial charge on any atom is -0.0988 e. The number of hydrogen-bond donors (Lipinski definition) is 0. The highest BCUT2D eigenvalue weighted by Crippen LogP contribution is 2.13. The molecule has 0 nitrogen and oxygen atoms in total. The first-order valence-corrected chi connectivity index (χ1v) is 3.54. The molecule has 0 aromatic heterocycles. The molecule has 1 atom stereocenters. The van der Waals surface area contributed by atoms with Gasteiger partial charge in [0.1, 0.15) is 0 Å². The molecule has 0 aliphatic heterocycles. The van der Waals surface area contributed by atoms with Crippen LogP contribution in [-0.2, 0) is 0 Å². The predicted molar refractivity (Wildman–Crippen MR) is 43.4 cm³/mol. The summed E-state index contributed by atoms with van der Waals surface area (Å²) in [4.78, 5) is 0. The van der Waals surface area contributed by atoms with Crippen molar-refractivity contribution in [2.75, 3.05) is 0 Å². The molecular formula is C9H16. The second-order valence-corrected chi connectivity index (χ2v) is 2.30. The van der Waals surface area contributed by atoms with Crippen LogP contribution in [0.15, 0.2) is 24.3 Å². The van der Waals surface area contributed by atoms with Crippen molar-refractivity contribution in [3.63, 3.8) is 0 Å². The average molecular weight is 124 g/mol. The molecule has 0 heteroatoms. The number of rotatable bonds is 3.